The number of hydrogen-bond acceptors (Lipinski definition) is 4. The molecule has 5 heteroatoms. The third-order valence-electron chi connectivity index (χ3n) is 5.37. The quantitative estimate of drug-likeness (QED) is 0.617. The number of benzene rings is 2. The first-order chi connectivity index (χ1) is 12.7. The zero-order valence-electron chi connectivity index (χ0n) is 14.3. The highest BCUT2D eigenvalue weighted by molar-refractivity contribution is 5.86. The highest BCUT2D eigenvalue weighted by Gasteiger charge is 2.26. The molecule has 132 valence electrons. The number of halogens is 1. The zero-order chi connectivity index (χ0) is 17.7. The molecular weight excluding hydrogens is 333 g/mol. The van der Waals surface area contributed by atoms with Crippen LogP contribution in [-0.2, 0) is 19.4 Å². The van der Waals surface area contributed by atoms with Gasteiger partial charge in [-0.25, -0.2) is 9.18 Å². The van der Waals surface area contributed by atoms with E-state index in [1.165, 1.54) is 6.07 Å². The Kier molecular flexibility index (Phi) is 3.48. The minimum absolute atomic E-state index is 0.247. The summed E-state index contributed by atoms with van der Waals surface area (Å²) in [4.78, 5) is 14.3. The average Bonchev–Trinajstić information content (AvgIpc) is 2.68. The van der Waals surface area contributed by atoms with Gasteiger partial charge in [0.2, 0.25) is 0 Å². The first-order valence-corrected chi connectivity index (χ1v) is 8.95. The van der Waals surface area contributed by atoms with E-state index in [-0.39, 0.29) is 18.2 Å². The van der Waals surface area contributed by atoms with Crippen LogP contribution in [-0.4, -0.2) is 6.73 Å². The van der Waals surface area contributed by atoms with Crippen molar-refractivity contribution >= 4 is 16.7 Å². The fourth-order valence-corrected chi connectivity index (χ4v) is 4.08. The van der Waals surface area contributed by atoms with Crippen LogP contribution in [0.25, 0.3) is 11.0 Å². The normalized spacial score (nSPS) is 16.1. The molecule has 0 atom stereocenters. The summed E-state index contributed by atoms with van der Waals surface area (Å²) in [5, 5.41) is 0.983. The molecule has 0 fully saturated rings. The minimum atomic E-state index is -0.293. The van der Waals surface area contributed by atoms with Gasteiger partial charge >= 0.3 is 5.63 Å². The highest BCUT2D eigenvalue weighted by Crippen LogP contribution is 2.37. The van der Waals surface area contributed by atoms with Crippen LogP contribution in [0.1, 0.15) is 29.5 Å². The Labute approximate surface area is 149 Å². The van der Waals surface area contributed by atoms with Gasteiger partial charge in [0.1, 0.15) is 17.1 Å². The summed E-state index contributed by atoms with van der Waals surface area (Å²) in [5.74, 6) is 0.405. The highest BCUT2D eigenvalue weighted by atomic mass is 19.1. The first-order valence-electron chi connectivity index (χ1n) is 8.95. The van der Waals surface area contributed by atoms with Crippen molar-refractivity contribution in [2.24, 2.45) is 0 Å². The van der Waals surface area contributed by atoms with E-state index in [9.17, 15) is 9.18 Å². The van der Waals surface area contributed by atoms with Crippen LogP contribution in [0.3, 0.4) is 0 Å². The van der Waals surface area contributed by atoms with Gasteiger partial charge in [-0.1, -0.05) is 12.1 Å². The molecule has 4 nitrogen and oxygen atoms in total. The molecule has 1 aromatic heterocycles. The lowest BCUT2D eigenvalue weighted by molar-refractivity contribution is 0.287. The lowest BCUT2D eigenvalue weighted by Gasteiger charge is -2.31. The van der Waals surface area contributed by atoms with E-state index >= 15 is 0 Å². The molecule has 0 unspecified atom stereocenters. The molecule has 0 saturated heterocycles. The van der Waals surface area contributed by atoms with Crippen molar-refractivity contribution in [3.05, 3.63) is 69.3 Å². The summed E-state index contributed by atoms with van der Waals surface area (Å²) in [5.41, 5.74) is 3.54. The van der Waals surface area contributed by atoms with E-state index in [4.69, 9.17) is 9.15 Å². The topological polar surface area (TPSA) is 42.7 Å². The van der Waals surface area contributed by atoms with Crippen molar-refractivity contribution in [1.82, 2.24) is 0 Å². The lowest BCUT2D eigenvalue weighted by atomic mass is 9.90. The summed E-state index contributed by atoms with van der Waals surface area (Å²) in [6.45, 7) is 0.698. The standard InChI is InChI=1S/C21H18FNO3/c22-17-7-3-4-8-18(17)23-11-16-19(25-12-23)10-9-14-13-5-1-2-6-15(13)21(24)26-20(14)16/h3-4,7-10H,1-2,5-6,11-12H2. The Morgan fingerprint density at radius 2 is 1.77 bits per heavy atom. The third-order valence-corrected chi connectivity index (χ3v) is 5.37. The maximum atomic E-state index is 14.2. The lowest BCUT2D eigenvalue weighted by Crippen LogP contribution is -2.32. The van der Waals surface area contributed by atoms with E-state index in [0.717, 1.165) is 47.8 Å². The first kappa shape index (κ1) is 15.4. The number of hydrogen-bond donors (Lipinski definition) is 0. The van der Waals surface area contributed by atoms with Crippen LogP contribution in [0.15, 0.2) is 45.6 Å². The van der Waals surface area contributed by atoms with Gasteiger partial charge in [0.15, 0.2) is 6.73 Å². The molecule has 0 amide bonds. The number of nitrogens with zero attached hydrogens (tertiary/aromatic N) is 1. The van der Waals surface area contributed by atoms with Crippen LogP contribution < -0.4 is 15.3 Å². The van der Waals surface area contributed by atoms with Crippen LogP contribution in [0, 0.1) is 5.82 Å². The van der Waals surface area contributed by atoms with Crippen LogP contribution in [0.5, 0.6) is 5.75 Å². The molecule has 1 aliphatic carbocycles. The minimum Gasteiger partial charge on any atom is -0.473 e. The number of ether oxygens (including phenoxy) is 1. The summed E-state index contributed by atoms with van der Waals surface area (Å²) in [6.07, 6.45) is 3.79. The van der Waals surface area contributed by atoms with Gasteiger partial charge in [0.25, 0.3) is 0 Å². The Hall–Kier alpha value is -2.82. The fraction of sp³-hybridized carbons (Fsp3) is 0.286. The van der Waals surface area contributed by atoms with Gasteiger partial charge in [-0.3, -0.25) is 0 Å². The second-order valence-corrected chi connectivity index (χ2v) is 6.90. The molecule has 5 rings (SSSR count). The van der Waals surface area contributed by atoms with Gasteiger partial charge in [-0.2, -0.15) is 0 Å². The Morgan fingerprint density at radius 1 is 0.962 bits per heavy atom. The van der Waals surface area contributed by atoms with Crippen molar-refractivity contribution in [1.29, 1.82) is 0 Å². The zero-order valence-corrected chi connectivity index (χ0v) is 14.3. The maximum absolute atomic E-state index is 14.2. The smallest absolute Gasteiger partial charge is 0.339 e. The Balaban J connectivity index is 1.67. The summed E-state index contributed by atoms with van der Waals surface area (Å²) in [6, 6.07) is 10.6. The van der Waals surface area contributed by atoms with Gasteiger partial charge in [0.05, 0.1) is 17.8 Å². The van der Waals surface area contributed by atoms with Crippen molar-refractivity contribution < 1.29 is 13.5 Å². The summed E-state index contributed by atoms with van der Waals surface area (Å²) >= 11 is 0. The van der Waals surface area contributed by atoms with Crippen molar-refractivity contribution in [2.75, 3.05) is 11.6 Å². The number of rotatable bonds is 1. The van der Waals surface area contributed by atoms with Gasteiger partial charge in [-0.05, 0) is 55.5 Å². The molecule has 2 aromatic carbocycles. The maximum Gasteiger partial charge on any atom is 0.339 e. The predicted molar refractivity (Wildman–Crippen MR) is 97.2 cm³/mol. The number of fused-ring (bicyclic) bond motifs is 5. The van der Waals surface area contributed by atoms with Gasteiger partial charge in [0, 0.05) is 10.9 Å². The summed E-state index contributed by atoms with van der Waals surface area (Å²) < 4.78 is 25.7. The predicted octanol–water partition coefficient (Wildman–Crippen LogP) is 4.17. The van der Waals surface area contributed by atoms with Crippen molar-refractivity contribution in [2.45, 2.75) is 32.2 Å². The monoisotopic (exact) mass is 351 g/mol. The fourth-order valence-electron chi connectivity index (χ4n) is 4.08. The Morgan fingerprint density at radius 3 is 2.62 bits per heavy atom. The molecule has 0 spiro atoms. The SMILES string of the molecule is O=c1oc2c3c(ccc2c2c1CCCC2)OCN(c1ccccc1F)C3. The van der Waals surface area contributed by atoms with Crippen molar-refractivity contribution in [3.63, 3.8) is 0 Å². The molecule has 0 N–H and O–H groups in total. The van der Waals surface area contributed by atoms with Gasteiger partial charge in [-0.15, -0.1) is 0 Å². The summed E-state index contributed by atoms with van der Waals surface area (Å²) in [7, 11) is 0. The third kappa shape index (κ3) is 2.30. The van der Waals surface area contributed by atoms with E-state index in [1.54, 1.807) is 18.2 Å². The molecular formula is C21H18FNO3. The van der Waals surface area contributed by atoms with Crippen LogP contribution in [0.4, 0.5) is 10.1 Å². The number of para-hydroxylation sites is 1. The molecule has 2 aliphatic rings. The number of anilines is 1. The Bertz CT molecular complexity index is 1070. The van der Waals surface area contributed by atoms with E-state index < -0.39 is 0 Å². The molecule has 26 heavy (non-hydrogen) atoms. The van der Waals surface area contributed by atoms with E-state index in [0.29, 0.717) is 23.6 Å². The van der Waals surface area contributed by atoms with E-state index in [1.807, 2.05) is 17.0 Å². The second kappa shape index (κ2) is 5.87. The van der Waals surface area contributed by atoms with E-state index in [2.05, 4.69) is 0 Å². The molecule has 0 radical (unpaired) electrons. The van der Waals surface area contributed by atoms with Crippen LogP contribution >= 0.6 is 0 Å². The van der Waals surface area contributed by atoms with Crippen molar-refractivity contribution in [3.8, 4) is 5.75 Å². The molecule has 0 bridgehead atoms. The van der Waals surface area contributed by atoms with Gasteiger partial charge < -0.3 is 14.1 Å². The largest absolute Gasteiger partial charge is 0.473 e. The number of aryl methyl sites for hydroxylation is 1. The molecule has 2 heterocycles. The average molecular weight is 351 g/mol. The molecule has 0 saturated carbocycles. The molecule has 3 aromatic rings. The second-order valence-electron chi connectivity index (χ2n) is 6.90. The van der Waals surface area contributed by atoms with Crippen LogP contribution in [0.2, 0.25) is 0 Å². The molecule has 1 aliphatic heterocycles.